The number of urea groups is 1. The molecule has 5 rings (SSSR count). The zero-order valence-electron chi connectivity index (χ0n) is 23.5. The van der Waals surface area contributed by atoms with Gasteiger partial charge in [0.2, 0.25) is 0 Å². The van der Waals surface area contributed by atoms with Crippen molar-refractivity contribution in [1.29, 1.82) is 0 Å². The van der Waals surface area contributed by atoms with Gasteiger partial charge in [0.1, 0.15) is 0 Å². The van der Waals surface area contributed by atoms with Gasteiger partial charge in [-0.3, -0.25) is 4.79 Å². The second-order valence-corrected chi connectivity index (χ2v) is 15.2. The van der Waals surface area contributed by atoms with E-state index in [2.05, 4.69) is 65.0 Å². The van der Waals surface area contributed by atoms with E-state index in [1.165, 1.54) is 5.57 Å². The number of rotatable bonds is 2. The Labute approximate surface area is 217 Å². The third-order valence-electron chi connectivity index (χ3n) is 13.1. The first kappa shape index (κ1) is 25.9. The van der Waals surface area contributed by atoms with E-state index in [-0.39, 0.29) is 50.5 Å². The fraction of sp³-hybridized carbons (Fsp3) is 0.867. The highest BCUT2D eigenvalue weighted by Crippen LogP contribution is 2.74. The molecule has 9 atom stereocenters. The van der Waals surface area contributed by atoms with E-state index in [0.717, 1.165) is 57.8 Å². The Morgan fingerprint density at radius 1 is 0.972 bits per heavy atom. The van der Waals surface area contributed by atoms with Gasteiger partial charge in [-0.1, -0.05) is 52.3 Å². The predicted molar refractivity (Wildman–Crippen MR) is 142 cm³/mol. The van der Waals surface area contributed by atoms with Crippen LogP contribution in [0.5, 0.6) is 0 Å². The van der Waals surface area contributed by atoms with Crippen molar-refractivity contribution in [2.75, 3.05) is 0 Å². The number of amides is 2. The van der Waals surface area contributed by atoms with Crippen molar-refractivity contribution < 1.29 is 9.59 Å². The Morgan fingerprint density at radius 3 is 2.28 bits per heavy atom. The van der Waals surface area contributed by atoms with Crippen LogP contribution in [0.15, 0.2) is 16.8 Å². The summed E-state index contributed by atoms with van der Waals surface area (Å²) in [5.74, 6) is 0.839. The van der Waals surface area contributed by atoms with Crippen LogP contribution in [0, 0.1) is 49.7 Å². The number of nitrogens with one attached hydrogen (secondary N) is 1. The highest BCUT2D eigenvalue weighted by Gasteiger charge is 2.70. The van der Waals surface area contributed by atoms with Crippen molar-refractivity contribution in [2.24, 2.45) is 55.7 Å². The smallest absolute Gasteiger partial charge is 0.312 e. The Morgan fingerprint density at radius 2 is 1.64 bits per heavy atom. The van der Waals surface area contributed by atoms with Crippen LogP contribution in [0.2, 0.25) is 0 Å². The van der Waals surface area contributed by atoms with Crippen LogP contribution >= 0.6 is 0 Å². The summed E-state index contributed by atoms with van der Waals surface area (Å²) in [5, 5.41) is 6.59. The standard InChI is InChI=1S/C30H47N3O3/c1-25(2)21-8-11-30(7)23(28(21,5)10-9-22(25)33-36)20(34)16-18-19-17-27(4,32-24(31)35)14-12-26(19,3)13-15-29(18,30)6/h16,19,21-23H,8-15,17H2,1-7H3,(H3,31,32,35). The molecular weight excluding hydrogens is 450 g/mol. The fourth-order valence-electron chi connectivity index (χ4n) is 10.8. The number of nitrogens with two attached hydrogens (primary N) is 1. The number of nitrogens with zero attached hydrogens (tertiary/aromatic N) is 1. The van der Waals surface area contributed by atoms with Crippen molar-refractivity contribution in [3.05, 3.63) is 16.6 Å². The summed E-state index contributed by atoms with van der Waals surface area (Å²) in [4.78, 5) is 37.9. The SMILES string of the molecule is CC1(NC(N)=O)CCC2(C)CCC3(C)C(=CC(=O)C4C5(C)CCC(N=O)C(C)(C)C5CCC43C)C2C1. The Hall–Kier alpha value is -1.72. The lowest BCUT2D eigenvalue weighted by molar-refractivity contribution is -0.186. The molecule has 4 fully saturated rings. The van der Waals surface area contributed by atoms with Crippen molar-refractivity contribution >= 4 is 11.8 Å². The van der Waals surface area contributed by atoms with Crippen molar-refractivity contribution in [3.8, 4) is 0 Å². The first-order valence-corrected chi connectivity index (χ1v) is 14.2. The molecule has 0 aliphatic heterocycles. The van der Waals surface area contributed by atoms with Gasteiger partial charge < -0.3 is 11.1 Å². The van der Waals surface area contributed by atoms with Gasteiger partial charge in [0.05, 0.1) is 6.04 Å². The minimum absolute atomic E-state index is 0.0348. The molecule has 0 aromatic rings. The monoisotopic (exact) mass is 497 g/mol. The van der Waals surface area contributed by atoms with Gasteiger partial charge in [0.25, 0.3) is 0 Å². The summed E-state index contributed by atoms with van der Waals surface area (Å²) >= 11 is 0. The molecule has 0 spiro atoms. The summed E-state index contributed by atoms with van der Waals surface area (Å²) in [6, 6.07) is -0.636. The molecule has 0 aromatic heterocycles. The highest BCUT2D eigenvalue weighted by molar-refractivity contribution is 5.95. The molecule has 5 aliphatic carbocycles. The third-order valence-corrected chi connectivity index (χ3v) is 13.1. The van der Waals surface area contributed by atoms with Crippen molar-refractivity contribution in [2.45, 2.75) is 118 Å². The summed E-state index contributed by atoms with van der Waals surface area (Å²) < 4.78 is 0. The van der Waals surface area contributed by atoms with E-state index >= 15 is 0 Å². The molecule has 6 nitrogen and oxygen atoms in total. The Balaban J connectivity index is 1.59. The molecule has 4 saturated carbocycles. The molecule has 5 aliphatic rings. The van der Waals surface area contributed by atoms with Crippen LogP contribution in [-0.2, 0) is 4.79 Å². The van der Waals surface area contributed by atoms with E-state index < -0.39 is 6.03 Å². The summed E-state index contributed by atoms with van der Waals surface area (Å²) in [6.45, 7) is 16.1. The lowest BCUT2D eigenvalue weighted by atomic mass is 9.33. The van der Waals surface area contributed by atoms with Crippen molar-refractivity contribution in [1.82, 2.24) is 5.32 Å². The van der Waals surface area contributed by atoms with Crippen LogP contribution in [0.4, 0.5) is 4.79 Å². The Bertz CT molecular complexity index is 1040. The molecule has 0 radical (unpaired) electrons. The van der Waals surface area contributed by atoms with E-state index in [1.54, 1.807) is 0 Å². The van der Waals surface area contributed by atoms with E-state index in [4.69, 9.17) is 5.73 Å². The lowest BCUT2D eigenvalue weighted by Gasteiger charge is -2.70. The maximum absolute atomic E-state index is 14.3. The fourth-order valence-corrected chi connectivity index (χ4v) is 10.8. The van der Waals surface area contributed by atoms with Crippen LogP contribution < -0.4 is 11.1 Å². The van der Waals surface area contributed by atoms with Gasteiger partial charge in [-0.2, -0.15) is 4.91 Å². The second kappa shape index (κ2) is 7.66. The van der Waals surface area contributed by atoms with Gasteiger partial charge in [-0.15, -0.1) is 0 Å². The van der Waals surface area contributed by atoms with Crippen molar-refractivity contribution in [3.63, 3.8) is 0 Å². The molecular formula is C30H47N3O3. The zero-order valence-corrected chi connectivity index (χ0v) is 23.5. The van der Waals surface area contributed by atoms with Gasteiger partial charge >= 0.3 is 6.03 Å². The van der Waals surface area contributed by atoms with Gasteiger partial charge in [0.15, 0.2) is 5.78 Å². The molecule has 6 heteroatoms. The lowest BCUT2D eigenvalue weighted by Crippen LogP contribution is -2.67. The second-order valence-electron chi connectivity index (χ2n) is 15.2. The normalized spacial score (nSPS) is 51.5. The zero-order chi connectivity index (χ0) is 26.5. The topological polar surface area (TPSA) is 102 Å². The molecule has 2 amide bonds. The summed E-state index contributed by atoms with van der Waals surface area (Å²) in [7, 11) is 0. The highest BCUT2D eigenvalue weighted by atomic mass is 16.3. The molecule has 0 bridgehead atoms. The number of nitroso groups, excluding NO2 is 1. The Kier molecular flexibility index (Phi) is 5.51. The average Bonchev–Trinajstić information content (AvgIpc) is 2.75. The predicted octanol–water partition coefficient (Wildman–Crippen LogP) is 6.52. The van der Waals surface area contributed by atoms with Gasteiger partial charge in [-0.25, -0.2) is 4.79 Å². The molecule has 36 heavy (non-hydrogen) atoms. The molecule has 3 N–H and O–H groups in total. The van der Waals surface area contributed by atoms with Crippen LogP contribution in [-0.4, -0.2) is 23.4 Å². The number of ketones is 1. The molecule has 200 valence electrons. The number of hydrogen-bond acceptors (Lipinski definition) is 4. The van der Waals surface area contributed by atoms with Crippen LogP contribution in [0.3, 0.4) is 0 Å². The maximum Gasteiger partial charge on any atom is 0.312 e. The number of fused-ring (bicyclic) bond motifs is 7. The third kappa shape index (κ3) is 3.20. The van der Waals surface area contributed by atoms with E-state index in [0.29, 0.717) is 11.7 Å². The van der Waals surface area contributed by atoms with E-state index in [9.17, 15) is 14.5 Å². The molecule has 0 aromatic carbocycles. The largest absolute Gasteiger partial charge is 0.352 e. The minimum atomic E-state index is -0.463. The maximum atomic E-state index is 14.3. The molecule has 9 unspecified atom stereocenters. The molecule has 0 heterocycles. The number of carbonyl (C=O) groups is 2. The minimum Gasteiger partial charge on any atom is -0.352 e. The average molecular weight is 498 g/mol. The molecule has 0 saturated heterocycles. The first-order chi connectivity index (χ1) is 16.6. The quantitative estimate of drug-likeness (QED) is 0.424. The van der Waals surface area contributed by atoms with E-state index in [1.807, 2.05) is 0 Å². The summed E-state index contributed by atoms with van der Waals surface area (Å²) in [6.07, 6.45) is 10.8. The number of carbonyl (C=O) groups excluding carboxylic acids is 2. The van der Waals surface area contributed by atoms with Crippen LogP contribution in [0.25, 0.3) is 0 Å². The number of hydrogen-bond donors (Lipinski definition) is 2. The number of primary amides is 1. The van der Waals surface area contributed by atoms with Crippen LogP contribution in [0.1, 0.15) is 106 Å². The summed E-state index contributed by atoms with van der Waals surface area (Å²) in [5.41, 5.74) is 6.20. The van der Waals surface area contributed by atoms with Gasteiger partial charge in [-0.05, 0) is 110 Å². The number of allylic oxidation sites excluding steroid dienone is 2. The van der Waals surface area contributed by atoms with Gasteiger partial charge in [0, 0.05) is 11.5 Å². The first-order valence-electron chi connectivity index (χ1n) is 14.2.